The van der Waals surface area contributed by atoms with Crippen molar-refractivity contribution in [1.82, 2.24) is 0 Å². The van der Waals surface area contributed by atoms with E-state index in [1.54, 1.807) is 0 Å². The molecule has 0 radical (unpaired) electrons. The lowest BCUT2D eigenvalue weighted by molar-refractivity contribution is -0.178. The second-order valence-corrected chi connectivity index (χ2v) is 5.51. The lowest BCUT2D eigenvalue weighted by Gasteiger charge is -2.53. The molecule has 2 fully saturated rings. The van der Waals surface area contributed by atoms with Gasteiger partial charge in [-0.3, -0.25) is 0 Å². The zero-order valence-corrected chi connectivity index (χ0v) is 9.53. The molecule has 0 aromatic heterocycles. The van der Waals surface area contributed by atoms with E-state index in [0.717, 1.165) is 12.8 Å². The molecule has 0 aromatic carbocycles. The van der Waals surface area contributed by atoms with Gasteiger partial charge >= 0.3 is 5.97 Å². The van der Waals surface area contributed by atoms with Gasteiger partial charge in [-0.1, -0.05) is 20.3 Å². The molecule has 3 nitrogen and oxygen atoms in total. The van der Waals surface area contributed by atoms with Crippen molar-refractivity contribution < 1.29 is 14.6 Å². The van der Waals surface area contributed by atoms with Gasteiger partial charge in [-0.2, -0.15) is 0 Å². The minimum atomic E-state index is -0.956. The van der Waals surface area contributed by atoms with Crippen molar-refractivity contribution in [3.8, 4) is 0 Å². The van der Waals surface area contributed by atoms with Crippen molar-refractivity contribution in [1.29, 1.82) is 0 Å². The van der Waals surface area contributed by atoms with Gasteiger partial charge in [0.1, 0.15) is 6.10 Å². The molecule has 0 aliphatic heterocycles. The average Bonchev–Trinajstić information content (AvgIpc) is 2.05. The number of hydrogen-bond donors (Lipinski definition) is 1. The third-order valence-electron chi connectivity index (χ3n) is 3.89. The number of esters is 1. The van der Waals surface area contributed by atoms with Gasteiger partial charge in [0.25, 0.3) is 0 Å². The first-order chi connectivity index (χ1) is 7.02. The fraction of sp³-hybridized carbons (Fsp3) is 0.917. The molecule has 1 atom stereocenters. The maximum Gasteiger partial charge on any atom is 0.335 e. The standard InChI is InChI=1S/C12H20O3/c1-8(2)10(13)11(14)15-9-6-12(7-9)4-3-5-12/h8-10,13H,3-7H2,1-2H3/t10-/m1/s1. The Hall–Kier alpha value is -0.570. The van der Waals surface area contributed by atoms with Crippen LogP contribution in [0.5, 0.6) is 0 Å². The summed E-state index contributed by atoms with van der Waals surface area (Å²) in [6, 6.07) is 0. The van der Waals surface area contributed by atoms with Gasteiger partial charge in [-0.25, -0.2) is 4.79 Å². The van der Waals surface area contributed by atoms with Crippen LogP contribution in [0, 0.1) is 11.3 Å². The minimum Gasteiger partial charge on any atom is -0.460 e. The summed E-state index contributed by atoms with van der Waals surface area (Å²) in [6.45, 7) is 3.64. The Labute approximate surface area is 90.8 Å². The summed E-state index contributed by atoms with van der Waals surface area (Å²) in [6.07, 6.45) is 5.08. The number of ether oxygens (including phenoxy) is 1. The van der Waals surface area contributed by atoms with E-state index in [1.807, 2.05) is 13.8 Å². The monoisotopic (exact) mass is 212 g/mol. The molecule has 3 heteroatoms. The Morgan fingerprint density at radius 3 is 2.40 bits per heavy atom. The molecule has 2 aliphatic carbocycles. The van der Waals surface area contributed by atoms with E-state index in [4.69, 9.17) is 4.74 Å². The van der Waals surface area contributed by atoms with E-state index in [1.165, 1.54) is 19.3 Å². The second kappa shape index (κ2) is 3.78. The van der Waals surface area contributed by atoms with E-state index in [0.29, 0.717) is 5.41 Å². The first-order valence-electron chi connectivity index (χ1n) is 5.91. The normalized spacial score (nSPS) is 25.9. The molecule has 0 bridgehead atoms. The van der Waals surface area contributed by atoms with Gasteiger partial charge in [0.05, 0.1) is 0 Å². The molecule has 2 rings (SSSR count). The summed E-state index contributed by atoms with van der Waals surface area (Å²) in [4.78, 5) is 11.4. The summed E-state index contributed by atoms with van der Waals surface area (Å²) < 4.78 is 5.25. The topological polar surface area (TPSA) is 46.5 Å². The predicted molar refractivity (Wildman–Crippen MR) is 56.2 cm³/mol. The van der Waals surface area contributed by atoms with Gasteiger partial charge in [0.15, 0.2) is 6.10 Å². The fourth-order valence-corrected chi connectivity index (χ4v) is 2.58. The highest BCUT2D eigenvalue weighted by Gasteiger charge is 2.50. The summed E-state index contributed by atoms with van der Waals surface area (Å²) in [5, 5.41) is 9.49. The minimum absolute atomic E-state index is 0.0600. The Balaban J connectivity index is 1.72. The SMILES string of the molecule is CC(C)[C@@H](O)C(=O)OC1CC2(CCC2)C1. The van der Waals surface area contributed by atoms with Crippen LogP contribution in [0.1, 0.15) is 46.0 Å². The molecule has 1 N–H and O–H groups in total. The molecule has 0 amide bonds. The van der Waals surface area contributed by atoms with Crippen LogP contribution in [-0.4, -0.2) is 23.3 Å². The van der Waals surface area contributed by atoms with Crippen molar-refractivity contribution in [3.63, 3.8) is 0 Å². The van der Waals surface area contributed by atoms with Crippen LogP contribution in [0.15, 0.2) is 0 Å². The molecule has 2 aliphatic rings. The molecular weight excluding hydrogens is 192 g/mol. The Bertz CT molecular complexity index is 248. The van der Waals surface area contributed by atoms with Crippen LogP contribution in [-0.2, 0) is 9.53 Å². The quantitative estimate of drug-likeness (QED) is 0.726. The zero-order chi connectivity index (χ0) is 11.1. The van der Waals surface area contributed by atoms with Crippen LogP contribution in [0.3, 0.4) is 0 Å². The number of carbonyl (C=O) groups excluding carboxylic acids is 1. The van der Waals surface area contributed by atoms with Crippen molar-refractivity contribution in [2.45, 2.75) is 58.2 Å². The van der Waals surface area contributed by atoms with E-state index >= 15 is 0 Å². The predicted octanol–water partition coefficient (Wildman–Crippen LogP) is 1.88. The Morgan fingerprint density at radius 1 is 1.40 bits per heavy atom. The molecule has 0 heterocycles. The van der Waals surface area contributed by atoms with Crippen molar-refractivity contribution in [2.75, 3.05) is 0 Å². The van der Waals surface area contributed by atoms with Gasteiger partial charge in [-0.05, 0) is 37.0 Å². The van der Waals surface area contributed by atoms with Crippen LogP contribution in [0.2, 0.25) is 0 Å². The number of aliphatic hydroxyl groups excluding tert-OH is 1. The molecular formula is C12H20O3. The summed E-state index contributed by atoms with van der Waals surface area (Å²) in [5.74, 6) is -0.501. The van der Waals surface area contributed by atoms with E-state index in [2.05, 4.69) is 0 Å². The first kappa shape index (κ1) is 10.9. The highest BCUT2D eigenvalue weighted by atomic mass is 16.6. The van der Waals surface area contributed by atoms with Gasteiger partial charge < -0.3 is 9.84 Å². The second-order valence-electron chi connectivity index (χ2n) is 5.51. The fourth-order valence-electron chi connectivity index (χ4n) is 2.58. The van der Waals surface area contributed by atoms with Gasteiger partial charge in [0, 0.05) is 0 Å². The molecule has 0 unspecified atom stereocenters. The van der Waals surface area contributed by atoms with Crippen molar-refractivity contribution >= 4 is 5.97 Å². The van der Waals surface area contributed by atoms with Crippen LogP contribution in [0.4, 0.5) is 0 Å². The van der Waals surface area contributed by atoms with Crippen molar-refractivity contribution in [2.24, 2.45) is 11.3 Å². The maximum atomic E-state index is 11.4. The number of carbonyl (C=O) groups is 1. The third kappa shape index (κ3) is 2.03. The lowest BCUT2D eigenvalue weighted by atomic mass is 9.55. The molecule has 0 aromatic rings. The highest BCUT2D eigenvalue weighted by Crippen LogP contribution is 2.56. The summed E-state index contributed by atoms with van der Waals surface area (Å²) in [7, 11) is 0. The van der Waals surface area contributed by atoms with Crippen LogP contribution < -0.4 is 0 Å². The van der Waals surface area contributed by atoms with Gasteiger partial charge in [0.2, 0.25) is 0 Å². The third-order valence-corrected chi connectivity index (χ3v) is 3.89. The van der Waals surface area contributed by atoms with E-state index in [-0.39, 0.29) is 12.0 Å². The van der Waals surface area contributed by atoms with Crippen LogP contribution in [0.25, 0.3) is 0 Å². The average molecular weight is 212 g/mol. The van der Waals surface area contributed by atoms with E-state index in [9.17, 15) is 9.90 Å². The number of hydrogen-bond acceptors (Lipinski definition) is 3. The molecule has 15 heavy (non-hydrogen) atoms. The molecule has 0 saturated heterocycles. The smallest absolute Gasteiger partial charge is 0.335 e. The summed E-state index contributed by atoms with van der Waals surface area (Å²) in [5.41, 5.74) is 0.522. The number of rotatable bonds is 3. The molecule has 86 valence electrons. The molecule has 2 saturated carbocycles. The lowest BCUT2D eigenvalue weighted by Crippen LogP contribution is -2.48. The highest BCUT2D eigenvalue weighted by molar-refractivity contribution is 5.74. The molecule has 1 spiro atoms. The number of aliphatic hydroxyl groups is 1. The summed E-state index contributed by atoms with van der Waals surface area (Å²) >= 11 is 0. The van der Waals surface area contributed by atoms with Crippen LogP contribution >= 0.6 is 0 Å². The largest absolute Gasteiger partial charge is 0.460 e. The maximum absolute atomic E-state index is 11.4. The van der Waals surface area contributed by atoms with E-state index < -0.39 is 12.1 Å². The Morgan fingerprint density at radius 2 is 2.00 bits per heavy atom. The Kier molecular flexibility index (Phi) is 2.75. The van der Waals surface area contributed by atoms with Crippen molar-refractivity contribution in [3.05, 3.63) is 0 Å². The first-order valence-corrected chi connectivity index (χ1v) is 5.91. The van der Waals surface area contributed by atoms with Gasteiger partial charge in [-0.15, -0.1) is 0 Å². The zero-order valence-electron chi connectivity index (χ0n) is 9.53.